The van der Waals surface area contributed by atoms with E-state index in [1.807, 2.05) is 0 Å². The number of hydrogen-bond acceptors (Lipinski definition) is 5. The second-order valence-corrected chi connectivity index (χ2v) is 8.56. The summed E-state index contributed by atoms with van der Waals surface area (Å²) in [5.41, 5.74) is 0.608. The molecule has 0 saturated carbocycles. The molecule has 28 heavy (non-hydrogen) atoms. The van der Waals surface area contributed by atoms with Crippen LogP contribution in [0.15, 0.2) is 57.9 Å². The molecule has 1 saturated heterocycles. The first kappa shape index (κ1) is 18.7. The van der Waals surface area contributed by atoms with Crippen LogP contribution in [-0.2, 0) is 10.0 Å². The van der Waals surface area contributed by atoms with Gasteiger partial charge in [-0.05, 0) is 55.3 Å². The van der Waals surface area contributed by atoms with E-state index in [1.165, 1.54) is 34.6 Å². The average molecular weight is 405 g/mol. The van der Waals surface area contributed by atoms with E-state index in [0.717, 1.165) is 6.07 Å². The third kappa shape index (κ3) is 3.67. The zero-order chi connectivity index (χ0) is 19.7. The summed E-state index contributed by atoms with van der Waals surface area (Å²) in [6.07, 6.45) is 1.31. The van der Waals surface area contributed by atoms with Crippen molar-refractivity contribution in [1.29, 1.82) is 0 Å². The van der Waals surface area contributed by atoms with Crippen LogP contribution in [-0.4, -0.2) is 36.0 Å². The van der Waals surface area contributed by atoms with Gasteiger partial charge in [0, 0.05) is 18.7 Å². The summed E-state index contributed by atoms with van der Waals surface area (Å²) in [5, 5.41) is 3.92. The fourth-order valence-corrected chi connectivity index (χ4v) is 4.81. The van der Waals surface area contributed by atoms with Crippen LogP contribution in [0.3, 0.4) is 0 Å². The van der Waals surface area contributed by atoms with Crippen LogP contribution in [0.25, 0.3) is 11.4 Å². The van der Waals surface area contributed by atoms with E-state index in [4.69, 9.17) is 4.52 Å². The van der Waals surface area contributed by atoms with E-state index in [2.05, 4.69) is 10.1 Å². The normalized spacial score (nSPS) is 18.3. The maximum Gasteiger partial charge on any atom is 0.243 e. The number of rotatable bonds is 4. The van der Waals surface area contributed by atoms with Crippen molar-refractivity contribution in [2.75, 3.05) is 13.1 Å². The van der Waals surface area contributed by atoms with Crippen LogP contribution in [0.5, 0.6) is 0 Å². The molecule has 1 fully saturated rings. The zero-order valence-corrected chi connectivity index (χ0v) is 15.6. The van der Waals surface area contributed by atoms with Crippen LogP contribution in [0.2, 0.25) is 0 Å². The van der Waals surface area contributed by atoms with E-state index >= 15 is 0 Å². The van der Waals surface area contributed by atoms with Crippen LogP contribution in [0.4, 0.5) is 8.78 Å². The summed E-state index contributed by atoms with van der Waals surface area (Å²) in [6.45, 7) is 0.512. The summed E-state index contributed by atoms with van der Waals surface area (Å²) in [6, 6.07) is 10.7. The van der Waals surface area contributed by atoms with Crippen molar-refractivity contribution in [2.45, 2.75) is 23.7 Å². The van der Waals surface area contributed by atoms with Gasteiger partial charge in [-0.25, -0.2) is 17.2 Å². The van der Waals surface area contributed by atoms with Gasteiger partial charge in [0.25, 0.3) is 0 Å². The molecule has 1 unspecified atom stereocenters. The number of aromatic nitrogens is 2. The second kappa shape index (κ2) is 7.40. The molecule has 6 nitrogen and oxygen atoms in total. The van der Waals surface area contributed by atoms with Gasteiger partial charge in [0.05, 0.1) is 10.8 Å². The number of halogens is 2. The first-order valence-corrected chi connectivity index (χ1v) is 10.2. The summed E-state index contributed by atoms with van der Waals surface area (Å²) in [4.78, 5) is 4.28. The van der Waals surface area contributed by atoms with Crippen molar-refractivity contribution < 1.29 is 21.7 Å². The number of piperidine rings is 1. The van der Waals surface area contributed by atoms with Crippen molar-refractivity contribution in [1.82, 2.24) is 14.4 Å². The van der Waals surface area contributed by atoms with Crippen molar-refractivity contribution in [3.05, 3.63) is 66.1 Å². The second-order valence-electron chi connectivity index (χ2n) is 6.62. The maximum atomic E-state index is 13.5. The maximum absolute atomic E-state index is 13.5. The lowest BCUT2D eigenvalue weighted by Gasteiger charge is -2.30. The molecule has 0 amide bonds. The highest BCUT2D eigenvalue weighted by atomic mass is 32.2. The molecule has 2 aromatic carbocycles. The third-order valence-electron chi connectivity index (χ3n) is 4.71. The summed E-state index contributed by atoms with van der Waals surface area (Å²) < 4.78 is 58.8. The fourth-order valence-electron chi connectivity index (χ4n) is 3.26. The van der Waals surface area contributed by atoms with Gasteiger partial charge in [0.2, 0.25) is 21.7 Å². The highest BCUT2D eigenvalue weighted by Gasteiger charge is 2.33. The molecule has 1 aromatic heterocycles. The predicted octanol–water partition coefficient (Wildman–Crippen LogP) is 3.58. The number of sulfonamides is 1. The van der Waals surface area contributed by atoms with E-state index in [9.17, 15) is 17.2 Å². The standard InChI is InChI=1S/C19H17F2N3O3S/c20-15-8-6-13(7-9-15)18-22-19(27-23-18)14-3-2-10-24(12-14)28(25,26)17-5-1-4-16(21)11-17/h1,4-9,11,14H,2-3,10,12H2. The molecular formula is C19H17F2N3O3S. The SMILES string of the molecule is O=S(=O)(c1cccc(F)c1)N1CCCC(c2nc(-c3ccc(F)cc3)no2)C1. The molecule has 9 heteroatoms. The quantitative estimate of drug-likeness (QED) is 0.663. The Bertz CT molecular complexity index is 1080. The summed E-state index contributed by atoms with van der Waals surface area (Å²) in [7, 11) is -3.81. The Hall–Kier alpha value is -2.65. The van der Waals surface area contributed by atoms with Crippen LogP contribution in [0.1, 0.15) is 24.7 Å². The van der Waals surface area contributed by atoms with Gasteiger partial charge in [-0.2, -0.15) is 9.29 Å². The highest BCUT2D eigenvalue weighted by Crippen LogP contribution is 2.30. The number of hydrogen-bond donors (Lipinski definition) is 0. The monoisotopic (exact) mass is 405 g/mol. The van der Waals surface area contributed by atoms with Crippen molar-refractivity contribution >= 4 is 10.0 Å². The number of benzene rings is 2. The smallest absolute Gasteiger partial charge is 0.243 e. The van der Waals surface area contributed by atoms with Gasteiger partial charge < -0.3 is 4.52 Å². The lowest BCUT2D eigenvalue weighted by molar-refractivity contribution is 0.265. The first-order valence-electron chi connectivity index (χ1n) is 8.79. The molecule has 0 radical (unpaired) electrons. The minimum Gasteiger partial charge on any atom is -0.339 e. The first-order chi connectivity index (χ1) is 13.4. The lowest BCUT2D eigenvalue weighted by Crippen LogP contribution is -2.39. The Morgan fingerprint density at radius 3 is 2.61 bits per heavy atom. The predicted molar refractivity (Wildman–Crippen MR) is 96.8 cm³/mol. The van der Waals surface area contributed by atoms with Gasteiger partial charge in [-0.1, -0.05) is 11.2 Å². The molecule has 2 heterocycles. The van der Waals surface area contributed by atoms with Crippen molar-refractivity contribution in [2.24, 2.45) is 0 Å². The van der Waals surface area contributed by atoms with E-state index in [-0.39, 0.29) is 23.2 Å². The molecule has 0 aliphatic carbocycles. The molecule has 3 aromatic rings. The minimum absolute atomic E-state index is 0.0781. The van der Waals surface area contributed by atoms with Gasteiger partial charge >= 0.3 is 0 Å². The molecular weight excluding hydrogens is 388 g/mol. The molecule has 146 valence electrons. The van der Waals surface area contributed by atoms with E-state index < -0.39 is 15.8 Å². The molecule has 0 spiro atoms. The Kier molecular flexibility index (Phi) is 4.94. The Morgan fingerprint density at radius 2 is 1.86 bits per heavy atom. The molecule has 1 atom stereocenters. The van der Waals surface area contributed by atoms with Crippen molar-refractivity contribution in [3.8, 4) is 11.4 Å². The van der Waals surface area contributed by atoms with Crippen molar-refractivity contribution in [3.63, 3.8) is 0 Å². The minimum atomic E-state index is -3.81. The largest absolute Gasteiger partial charge is 0.339 e. The van der Waals surface area contributed by atoms with Gasteiger partial charge in [0.15, 0.2) is 0 Å². The van der Waals surface area contributed by atoms with Gasteiger partial charge in [-0.15, -0.1) is 0 Å². The fraction of sp³-hybridized carbons (Fsp3) is 0.263. The Labute approximate surface area is 160 Å². The van der Waals surface area contributed by atoms with Crippen LogP contribution >= 0.6 is 0 Å². The van der Waals surface area contributed by atoms with E-state index in [0.29, 0.717) is 36.7 Å². The molecule has 0 N–H and O–H groups in total. The summed E-state index contributed by atoms with van der Waals surface area (Å²) in [5.74, 6) is -0.578. The number of nitrogens with zero attached hydrogens (tertiary/aromatic N) is 3. The van der Waals surface area contributed by atoms with Gasteiger partial charge in [-0.3, -0.25) is 0 Å². The molecule has 1 aliphatic heterocycles. The molecule has 0 bridgehead atoms. The molecule has 4 rings (SSSR count). The molecule has 1 aliphatic rings. The topological polar surface area (TPSA) is 76.3 Å². The van der Waals surface area contributed by atoms with Gasteiger partial charge in [0.1, 0.15) is 11.6 Å². The summed E-state index contributed by atoms with van der Waals surface area (Å²) >= 11 is 0. The Morgan fingerprint density at radius 1 is 1.07 bits per heavy atom. The van der Waals surface area contributed by atoms with Crippen LogP contribution < -0.4 is 0 Å². The van der Waals surface area contributed by atoms with E-state index in [1.54, 1.807) is 12.1 Å². The Balaban J connectivity index is 1.55. The average Bonchev–Trinajstić information content (AvgIpc) is 3.19. The zero-order valence-electron chi connectivity index (χ0n) is 14.8. The highest BCUT2D eigenvalue weighted by molar-refractivity contribution is 7.89. The van der Waals surface area contributed by atoms with Crippen LogP contribution in [0, 0.1) is 11.6 Å². The third-order valence-corrected chi connectivity index (χ3v) is 6.57. The lowest BCUT2D eigenvalue weighted by atomic mass is 10.00.